The van der Waals surface area contributed by atoms with Gasteiger partial charge in [-0.15, -0.1) is 11.3 Å². The van der Waals surface area contributed by atoms with Crippen LogP contribution in [0, 0.1) is 6.92 Å². The number of nitrogens with zero attached hydrogens (tertiary/aromatic N) is 2. The van der Waals surface area contributed by atoms with E-state index in [-0.39, 0.29) is 59.1 Å². The molecule has 0 aliphatic carbocycles. The summed E-state index contributed by atoms with van der Waals surface area (Å²) in [4.78, 5) is 29.0. The number of phenols is 1. The van der Waals surface area contributed by atoms with Crippen molar-refractivity contribution in [3.05, 3.63) is 76.0 Å². The summed E-state index contributed by atoms with van der Waals surface area (Å²) in [6.45, 7) is 3.01. The molecule has 0 radical (unpaired) electrons. The SMILES string of the molecule is Cc1ccc(NS(=O)(=O)c2ccsc2C(=O)N2CCN(C(=O)c3ccccc3O)CC2)cc1. The zero-order valence-corrected chi connectivity index (χ0v) is 19.5. The Morgan fingerprint density at radius 1 is 0.909 bits per heavy atom. The number of amides is 2. The van der Waals surface area contributed by atoms with E-state index in [0.717, 1.165) is 16.9 Å². The lowest BCUT2D eigenvalue weighted by Gasteiger charge is -2.34. The third-order valence-electron chi connectivity index (χ3n) is 5.41. The summed E-state index contributed by atoms with van der Waals surface area (Å²) in [5, 5.41) is 11.5. The number of carbonyl (C=O) groups excluding carboxylic acids is 2. The number of nitrogens with one attached hydrogen (secondary N) is 1. The summed E-state index contributed by atoms with van der Waals surface area (Å²) >= 11 is 1.07. The fraction of sp³-hybridized carbons (Fsp3) is 0.217. The Hall–Kier alpha value is -3.37. The van der Waals surface area contributed by atoms with Gasteiger partial charge in [-0.25, -0.2) is 8.42 Å². The molecular weight excluding hydrogens is 462 g/mol. The molecule has 4 rings (SSSR count). The number of hydrogen-bond acceptors (Lipinski definition) is 6. The van der Waals surface area contributed by atoms with Crippen LogP contribution in [0.15, 0.2) is 64.9 Å². The normalized spacial score (nSPS) is 14.2. The fourth-order valence-corrected chi connectivity index (χ4v) is 6.03. The van der Waals surface area contributed by atoms with Gasteiger partial charge in [-0.1, -0.05) is 29.8 Å². The predicted molar refractivity (Wildman–Crippen MR) is 126 cm³/mol. The largest absolute Gasteiger partial charge is 0.507 e. The molecule has 10 heteroatoms. The van der Waals surface area contributed by atoms with Gasteiger partial charge in [0.05, 0.1) is 5.56 Å². The molecule has 1 aromatic heterocycles. The van der Waals surface area contributed by atoms with E-state index in [4.69, 9.17) is 0 Å². The van der Waals surface area contributed by atoms with E-state index < -0.39 is 10.0 Å². The minimum absolute atomic E-state index is 0.0641. The number of hydrogen-bond donors (Lipinski definition) is 2. The van der Waals surface area contributed by atoms with Crippen molar-refractivity contribution < 1.29 is 23.1 Å². The van der Waals surface area contributed by atoms with Crippen LogP contribution in [-0.4, -0.2) is 61.3 Å². The smallest absolute Gasteiger partial charge is 0.265 e. The van der Waals surface area contributed by atoms with Gasteiger partial charge in [-0.3, -0.25) is 14.3 Å². The summed E-state index contributed by atoms with van der Waals surface area (Å²) in [5.74, 6) is -0.777. The van der Waals surface area contributed by atoms with Crippen molar-refractivity contribution in [2.24, 2.45) is 0 Å². The van der Waals surface area contributed by atoms with Crippen LogP contribution >= 0.6 is 11.3 Å². The lowest BCUT2D eigenvalue weighted by molar-refractivity contribution is 0.0534. The van der Waals surface area contributed by atoms with Gasteiger partial charge in [0.15, 0.2) is 0 Å². The number of aromatic hydroxyl groups is 1. The number of carbonyl (C=O) groups is 2. The zero-order valence-electron chi connectivity index (χ0n) is 17.9. The highest BCUT2D eigenvalue weighted by molar-refractivity contribution is 7.93. The van der Waals surface area contributed by atoms with E-state index in [2.05, 4.69) is 4.72 Å². The van der Waals surface area contributed by atoms with Crippen LogP contribution in [0.1, 0.15) is 25.6 Å². The van der Waals surface area contributed by atoms with Crippen molar-refractivity contribution in [2.45, 2.75) is 11.8 Å². The van der Waals surface area contributed by atoms with Crippen molar-refractivity contribution >= 4 is 38.9 Å². The molecule has 0 bridgehead atoms. The van der Waals surface area contributed by atoms with Crippen LogP contribution in [0.5, 0.6) is 5.75 Å². The first kappa shape index (κ1) is 22.8. The van der Waals surface area contributed by atoms with Gasteiger partial charge in [0.25, 0.3) is 21.8 Å². The number of thiophene rings is 1. The number of benzene rings is 2. The molecule has 2 aromatic carbocycles. The maximum atomic E-state index is 13.1. The maximum absolute atomic E-state index is 13.1. The molecule has 33 heavy (non-hydrogen) atoms. The minimum atomic E-state index is -3.94. The van der Waals surface area contributed by atoms with Crippen molar-refractivity contribution in [3.63, 3.8) is 0 Å². The van der Waals surface area contributed by atoms with Crippen molar-refractivity contribution in [3.8, 4) is 5.75 Å². The number of piperazine rings is 1. The molecular formula is C23H23N3O5S2. The third kappa shape index (κ3) is 4.86. The molecule has 0 unspecified atom stereocenters. The quantitative estimate of drug-likeness (QED) is 0.577. The van der Waals surface area contributed by atoms with E-state index in [1.54, 1.807) is 57.6 Å². The molecule has 1 aliphatic heterocycles. The standard InChI is InChI=1S/C23H23N3O5S2/c1-16-6-8-17(9-7-16)24-33(30,31)20-10-15-32-21(20)23(29)26-13-11-25(12-14-26)22(28)18-4-2-3-5-19(18)27/h2-10,15,24,27H,11-14H2,1H3. The van der Waals surface area contributed by atoms with E-state index in [1.165, 1.54) is 12.1 Å². The number of para-hydroxylation sites is 1. The monoisotopic (exact) mass is 485 g/mol. The second-order valence-electron chi connectivity index (χ2n) is 7.69. The van der Waals surface area contributed by atoms with Crippen LogP contribution in [0.3, 0.4) is 0 Å². The van der Waals surface area contributed by atoms with Crippen molar-refractivity contribution in [1.29, 1.82) is 0 Å². The topological polar surface area (TPSA) is 107 Å². The molecule has 0 saturated carbocycles. The van der Waals surface area contributed by atoms with E-state index >= 15 is 0 Å². The predicted octanol–water partition coefficient (Wildman–Crippen LogP) is 3.16. The molecule has 1 fully saturated rings. The number of rotatable bonds is 5. The first-order valence-electron chi connectivity index (χ1n) is 10.3. The highest BCUT2D eigenvalue weighted by Gasteiger charge is 2.31. The summed E-state index contributed by atoms with van der Waals surface area (Å²) in [5.41, 5.74) is 1.64. The van der Waals surface area contributed by atoms with Crippen molar-refractivity contribution in [1.82, 2.24) is 9.80 Å². The van der Waals surface area contributed by atoms with Crippen LogP contribution < -0.4 is 4.72 Å². The zero-order chi connectivity index (χ0) is 23.6. The second-order valence-corrected chi connectivity index (χ2v) is 10.3. The summed E-state index contributed by atoms with van der Waals surface area (Å²) in [6, 6.07) is 14.7. The lowest BCUT2D eigenvalue weighted by Crippen LogP contribution is -2.50. The molecule has 8 nitrogen and oxygen atoms in total. The second kappa shape index (κ2) is 9.24. The van der Waals surface area contributed by atoms with Crippen LogP contribution in [-0.2, 0) is 10.0 Å². The van der Waals surface area contributed by atoms with Crippen LogP contribution in [0.2, 0.25) is 0 Å². The molecule has 0 spiro atoms. The first-order chi connectivity index (χ1) is 15.8. The summed E-state index contributed by atoms with van der Waals surface area (Å²) < 4.78 is 28.4. The first-order valence-corrected chi connectivity index (χ1v) is 12.7. The number of sulfonamides is 1. The highest BCUT2D eigenvalue weighted by Crippen LogP contribution is 2.27. The Labute approximate surface area is 196 Å². The van der Waals surface area contributed by atoms with Crippen LogP contribution in [0.25, 0.3) is 0 Å². The average Bonchev–Trinajstić information content (AvgIpc) is 3.31. The number of phenolic OH excluding ortho intramolecular Hbond substituents is 1. The van der Waals surface area contributed by atoms with E-state index in [9.17, 15) is 23.1 Å². The minimum Gasteiger partial charge on any atom is -0.507 e. The van der Waals surface area contributed by atoms with Gasteiger partial charge in [-0.2, -0.15) is 0 Å². The van der Waals surface area contributed by atoms with E-state index in [1.807, 2.05) is 6.92 Å². The Morgan fingerprint density at radius 3 is 2.15 bits per heavy atom. The Bertz CT molecular complexity index is 1280. The Balaban J connectivity index is 1.45. The molecule has 2 heterocycles. The van der Waals surface area contributed by atoms with Gasteiger partial charge in [-0.05, 0) is 42.6 Å². The van der Waals surface area contributed by atoms with Gasteiger partial charge in [0.1, 0.15) is 15.5 Å². The Kier molecular flexibility index (Phi) is 6.39. The molecule has 3 aromatic rings. The van der Waals surface area contributed by atoms with Gasteiger partial charge in [0, 0.05) is 31.9 Å². The number of anilines is 1. The van der Waals surface area contributed by atoms with Crippen LogP contribution in [0.4, 0.5) is 5.69 Å². The maximum Gasteiger partial charge on any atom is 0.265 e. The molecule has 0 atom stereocenters. The fourth-order valence-electron chi connectivity index (χ4n) is 3.58. The summed E-state index contributed by atoms with van der Waals surface area (Å²) in [6.07, 6.45) is 0. The van der Waals surface area contributed by atoms with Gasteiger partial charge < -0.3 is 14.9 Å². The Morgan fingerprint density at radius 2 is 1.52 bits per heavy atom. The lowest BCUT2D eigenvalue weighted by atomic mass is 10.1. The molecule has 172 valence electrons. The summed E-state index contributed by atoms with van der Waals surface area (Å²) in [7, 11) is -3.94. The third-order valence-corrected chi connectivity index (χ3v) is 7.86. The number of aryl methyl sites for hydroxylation is 1. The molecule has 1 saturated heterocycles. The average molecular weight is 486 g/mol. The molecule has 1 aliphatic rings. The molecule has 2 N–H and O–H groups in total. The van der Waals surface area contributed by atoms with Gasteiger partial charge >= 0.3 is 0 Å². The van der Waals surface area contributed by atoms with Gasteiger partial charge in [0.2, 0.25) is 0 Å². The van der Waals surface area contributed by atoms with Crippen molar-refractivity contribution in [2.75, 3.05) is 30.9 Å². The highest BCUT2D eigenvalue weighted by atomic mass is 32.2. The van der Waals surface area contributed by atoms with E-state index in [0.29, 0.717) is 5.69 Å². The molecule has 2 amide bonds.